The molecule has 0 bridgehead atoms. The van der Waals surface area contributed by atoms with Gasteiger partial charge in [-0.15, -0.1) is 0 Å². The van der Waals surface area contributed by atoms with Crippen LogP contribution in [-0.2, 0) is 4.79 Å². The van der Waals surface area contributed by atoms with Gasteiger partial charge in [-0.25, -0.2) is 0 Å². The first-order chi connectivity index (χ1) is 8.99. The van der Waals surface area contributed by atoms with Gasteiger partial charge in [-0.05, 0) is 51.6 Å². The molecule has 2 N–H and O–H groups in total. The molecule has 4 nitrogen and oxygen atoms in total. The van der Waals surface area contributed by atoms with Crippen LogP contribution < -0.4 is 5.73 Å². The maximum Gasteiger partial charge on any atom is 0.225 e. The van der Waals surface area contributed by atoms with Crippen molar-refractivity contribution < 1.29 is 4.79 Å². The topological polar surface area (TPSA) is 49.6 Å². The molecule has 1 saturated heterocycles. The summed E-state index contributed by atoms with van der Waals surface area (Å²) in [6.07, 6.45) is 5.28. The number of likely N-dealkylation sites (tertiary alicyclic amines) is 1. The third-order valence-corrected chi connectivity index (χ3v) is 5.08. The fraction of sp³-hybridized carbons (Fsp3) is 0.933. The van der Waals surface area contributed by atoms with Crippen molar-refractivity contribution in [2.45, 2.75) is 51.1 Å². The van der Waals surface area contributed by atoms with Crippen molar-refractivity contribution in [2.24, 2.45) is 17.6 Å². The van der Waals surface area contributed by atoms with Gasteiger partial charge in [0.15, 0.2) is 0 Å². The smallest absolute Gasteiger partial charge is 0.225 e. The molecule has 0 radical (unpaired) electrons. The Balaban J connectivity index is 1.91. The average molecular weight is 267 g/mol. The first-order valence-electron chi connectivity index (χ1n) is 7.69. The van der Waals surface area contributed by atoms with Crippen molar-refractivity contribution in [1.82, 2.24) is 9.80 Å². The Morgan fingerprint density at radius 3 is 2.68 bits per heavy atom. The monoisotopic (exact) mass is 267 g/mol. The van der Waals surface area contributed by atoms with Crippen LogP contribution in [0.25, 0.3) is 0 Å². The zero-order valence-corrected chi connectivity index (χ0v) is 12.6. The first-order valence-corrected chi connectivity index (χ1v) is 7.69. The number of piperidine rings is 1. The third-order valence-electron chi connectivity index (χ3n) is 5.08. The van der Waals surface area contributed by atoms with Crippen molar-refractivity contribution in [3.8, 4) is 0 Å². The maximum absolute atomic E-state index is 12.6. The van der Waals surface area contributed by atoms with E-state index in [9.17, 15) is 4.79 Å². The summed E-state index contributed by atoms with van der Waals surface area (Å²) in [5, 5.41) is 0. The molecule has 1 aliphatic carbocycles. The van der Waals surface area contributed by atoms with E-state index in [1.165, 1.54) is 6.42 Å². The van der Waals surface area contributed by atoms with Crippen LogP contribution >= 0.6 is 0 Å². The Kier molecular flexibility index (Phi) is 4.85. The molecule has 2 rings (SSSR count). The van der Waals surface area contributed by atoms with Crippen LogP contribution in [0.5, 0.6) is 0 Å². The number of rotatable bonds is 2. The summed E-state index contributed by atoms with van der Waals surface area (Å²) < 4.78 is 0. The maximum atomic E-state index is 12.6. The third kappa shape index (κ3) is 3.48. The second-order valence-corrected chi connectivity index (χ2v) is 6.66. The number of likely N-dealkylation sites (N-methyl/N-ethyl adjacent to an activating group) is 2. The van der Waals surface area contributed by atoms with E-state index >= 15 is 0 Å². The number of amides is 1. The van der Waals surface area contributed by atoms with Crippen LogP contribution in [0.15, 0.2) is 0 Å². The molecule has 1 aliphatic heterocycles. The molecule has 2 fully saturated rings. The number of hydrogen-bond acceptors (Lipinski definition) is 3. The van der Waals surface area contributed by atoms with Gasteiger partial charge in [0.1, 0.15) is 0 Å². The van der Waals surface area contributed by atoms with Gasteiger partial charge >= 0.3 is 0 Å². The highest BCUT2D eigenvalue weighted by atomic mass is 16.2. The number of nitrogens with two attached hydrogens (primary N) is 1. The lowest BCUT2D eigenvalue weighted by molar-refractivity contribution is -0.138. The number of carbonyl (C=O) groups is 1. The Labute approximate surface area is 117 Å². The van der Waals surface area contributed by atoms with Crippen LogP contribution in [0.3, 0.4) is 0 Å². The molecule has 0 spiro atoms. The van der Waals surface area contributed by atoms with Crippen molar-refractivity contribution in [1.29, 1.82) is 0 Å². The van der Waals surface area contributed by atoms with E-state index < -0.39 is 0 Å². The minimum atomic E-state index is 0.201. The molecule has 0 aromatic heterocycles. The van der Waals surface area contributed by atoms with Crippen molar-refractivity contribution in [2.75, 3.05) is 27.2 Å². The molecule has 19 heavy (non-hydrogen) atoms. The molecule has 2 aliphatic rings. The molecule has 1 amide bonds. The highest BCUT2D eigenvalue weighted by Crippen LogP contribution is 2.30. The van der Waals surface area contributed by atoms with E-state index in [2.05, 4.69) is 18.9 Å². The van der Waals surface area contributed by atoms with E-state index in [1.54, 1.807) is 0 Å². The largest absolute Gasteiger partial charge is 0.341 e. The molecule has 4 heteroatoms. The minimum Gasteiger partial charge on any atom is -0.341 e. The summed E-state index contributed by atoms with van der Waals surface area (Å²) >= 11 is 0. The van der Waals surface area contributed by atoms with Crippen LogP contribution in [0.4, 0.5) is 0 Å². The Hall–Kier alpha value is -0.610. The second kappa shape index (κ2) is 6.23. The van der Waals surface area contributed by atoms with Crippen LogP contribution in [0, 0.1) is 11.8 Å². The van der Waals surface area contributed by atoms with Gasteiger partial charge < -0.3 is 15.5 Å². The Morgan fingerprint density at radius 2 is 2.05 bits per heavy atom. The van der Waals surface area contributed by atoms with Gasteiger partial charge in [-0.1, -0.05) is 6.92 Å². The van der Waals surface area contributed by atoms with E-state index in [1.807, 2.05) is 11.9 Å². The summed E-state index contributed by atoms with van der Waals surface area (Å²) in [6.45, 7) is 4.36. The molecular formula is C15H29N3O. The molecule has 4 unspecified atom stereocenters. The Morgan fingerprint density at radius 1 is 1.32 bits per heavy atom. The number of carbonyl (C=O) groups excluding carboxylic acids is 1. The minimum absolute atomic E-state index is 0.201. The summed E-state index contributed by atoms with van der Waals surface area (Å²) in [5.41, 5.74) is 6.05. The lowest BCUT2D eigenvalue weighted by atomic mass is 9.78. The molecule has 1 saturated carbocycles. The number of hydrogen-bond donors (Lipinski definition) is 1. The highest BCUT2D eigenvalue weighted by molar-refractivity contribution is 5.79. The van der Waals surface area contributed by atoms with E-state index in [-0.39, 0.29) is 12.0 Å². The summed E-state index contributed by atoms with van der Waals surface area (Å²) in [4.78, 5) is 17.0. The van der Waals surface area contributed by atoms with E-state index in [0.717, 1.165) is 38.8 Å². The zero-order chi connectivity index (χ0) is 14.0. The van der Waals surface area contributed by atoms with Crippen LogP contribution in [0.1, 0.15) is 39.0 Å². The molecule has 110 valence electrons. The van der Waals surface area contributed by atoms with Gasteiger partial charge in [0.2, 0.25) is 5.91 Å². The van der Waals surface area contributed by atoms with Gasteiger partial charge in [0.25, 0.3) is 0 Å². The zero-order valence-electron chi connectivity index (χ0n) is 12.6. The number of nitrogens with zero attached hydrogens (tertiary/aromatic N) is 2. The first kappa shape index (κ1) is 14.8. The Bertz CT molecular complexity index is 321. The molecule has 0 aromatic carbocycles. The van der Waals surface area contributed by atoms with E-state index in [0.29, 0.717) is 17.9 Å². The van der Waals surface area contributed by atoms with Crippen molar-refractivity contribution in [3.63, 3.8) is 0 Å². The van der Waals surface area contributed by atoms with Gasteiger partial charge in [-0.2, -0.15) is 0 Å². The molecule has 4 atom stereocenters. The molecular weight excluding hydrogens is 238 g/mol. The van der Waals surface area contributed by atoms with Crippen LogP contribution in [-0.4, -0.2) is 55.0 Å². The van der Waals surface area contributed by atoms with Crippen LogP contribution in [0.2, 0.25) is 0 Å². The van der Waals surface area contributed by atoms with Crippen molar-refractivity contribution >= 4 is 5.91 Å². The lowest BCUT2D eigenvalue weighted by Crippen LogP contribution is -2.50. The van der Waals surface area contributed by atoms with Crippen molar-refractivity contribution in [3.05, 3.63) is 0 Å². The molecule has 1 heterocycles. The standard InChI is InChI=1S/C15H29N3O/c1-11-9-12(6-7-14(11)16)15(19)18(3)13-5-4-8-17(2)10-13/h11-14H,4-10,16H2,1-3H3. The predicted molar refractivity (Wildman–Crippen MR) is 77.8 cm³/mol. The fourth-order valence-electron chi connectivity index (χ4n) is 3.57. The normalized spacial score (nSPS) is 37.1. The van der Waals surface area contributed by atoms with Gasteiger partial charge in [0, 0.05) is 31.6 Å². The summed E-state index contributed by atoms with van der Waals surface area (Å²) in [7, 11) is 4.14. The predicted octanol–water partition coefficient (Wildman–Crippen LogP) is 1.30. The quantitative estimate of drug-likeness (QED) is 0.820. The SMILES string of the molecule is CC1CC(C(=O)N(C)C2CCCN(C)C2)CCC1N. The average Bonchev–Trinajstić information content (AvgIpc) is 2.40. The fourth-order valence-corrected chi connectivity index (χ4v) is 3.57. The highest BCUT2D eigenvalue weighted by Gasteiger charge is 2.33. The van der Waals surface area contributed by atoms with Gasteiger partial charge in [-0.3, -0.25) is 4.79 Å². The summed E-state index contributed by atoms with van der Waals surface area (Å²) in [6, 6.07) is 0.687. The lowest BCUT2D eigenvalue weighted by Gasteiger charge is -2.39. The van der Waals surface area contributed by atoms with E-state index in [4.69, 9.17) is 5.73 Å². The molecule has 0 aromatic rings. The second-order valence-electron chi connectivity index (χ2n) is 6.66. The summed E-state index contributed by atoms with van der Waals surface area (Å²) in [5.74, 6) is 1.02. The van der Waals surface area contributed by atoms with Gasteiger partial charge in [0.05, 0.1) is 0 Å².